The molecule has 0 radical (unpaired) electrons. The van der Waals surface area contributed by atoms with Crippen LogP contribution in [0.5, 0.6) is 0 Å². The normalized spacial score (nSPS) is 11.8. The summed E-state index contributed by atoms with van der Waals surface area (Å²) in [4.78, 5) is 34.3. The van der Waals surface area contributed by atoms with E-state index in [0.717, 1.165) is 11.3 Å². The minimum absolute atomic E-state index is 0.0740. The summed E-state index contributed by atoms with van der Waals surface area (Å²) in [6, 6.07) is 0.144. The van der Waals surface area contributed by atoms with Crippen LogP contribution in [0.15, 0.2) is 6.07 Å². The molecule has 0 spiro atoms. The van der Waals surface area contributed by atoms with E-state index in [0.29, 0.717) is 4.34 Å². The number of carboxylic acid groups (broad SMARTS) is 1. The Morgan fingerprint density at radius 3 is 2.57 bits per heavy atom. The molecule has 1 atom stereocenters. The van der Waals surface area contributed by atoms with Crippen molar-refractivity contribution in [2.45, 2.75) is 25.8 Å². The number of carbonyl (C=O) groups is 3. The molecule has 1 aromatic heterocycles. The lowest BCUT2D eigenvalue weighted by molar-refractivity contribution is -0.144. The van der Waals surface area contributed by atoms with Gasteiger partial charge in [-0.25, -0.2) is 4.79 Å². The van der Waals surface area contributed by atoms with Gasteiger partial charge in [0, 0.05) is 6.42 Å². The predicted octanol–water partition coefficient (Wildman–Crippen LogP) is 2.58. The van der Waals surface area contributed by atoms with E-state index in [1.807, 2.05) is 0 Å². The molecular formula is C12H13Cl2NO5S. The lowest BCUT2D eigenvalue weighted by Crippen LogP contribution is -2.41. The summed E-state index contributed by atoms with van der Waals surface area (Å²) in [5.41, 5.74) is 0.106. The Bertz CT molecular complexity index is 546. The average Bonchev–Trinajstić information content (AvgIpc) is 2.73. The number of esters is 1. The Morgan fingerprint density at radius 1 is 1.43 bits per heavy atom. The number of nitrogens with one attached hydrogen (secondary N) is 1. The number of aliphatic carboxylic acids is 1. The molecular weight excluding hydrogens is 341 g/mol. The Hall–Kier alpha value is -1.31. The highest BCUT2D eigenvalue weighted by atomic mass is 35.5. The molecule has 1 aromatic rings. The third-order valence-corrected chi connectivity index (χ3v) is 3.93. The van der Waals surface area contributed by atoms with Crippen LogP contribution in [0.25, 0.3) is 0 Å². The van der Waals surface area contributed by atoms with Gasteiger partial charge < -0.3 is 15.2 Å². The van der Waals surface area contributed by atoms with E-state index in [9.17, 15) is 14.4 Å². The number of hydrogen-bond donors (Lipinski definition) is 2. The van der Waals surface area contributed by atoms with Crippen molar-refractivity contribution in [3.05, 3.63) is 20.3 Å². The molecule has 0 unspecified atom stereocenters. The van der Waals surface area contributed by atoms with Crippen LogP contribution >= 0.6 is 34.5 Å². The lowest BCUT2D eigenvalue weighted by atomic mass is 10.1. The number of carboxylic acids is 1. The minimum Gasteiger partial charge on any atom is -0.480 e. The summed E-state index contributed by atoms with van der Waals surface area (Å²) in [5.74, 6) is -2.42. The van der Waals surface area contributed by atoms with Gasteiger partial charge in [0.15, 0.2) is 0 Å². The molecule has 0 aliphatic rings. The molecule has 2 N–H and O–H groups in total. The first kappa shape index (κ1) is 17.7. The number of rotatable bonds is 7. The largest absolute Gasteiger partial charge is 0.480 e. The number of carbonyl (C=O) groups excluding carboxylic acids is 2. The zero-order valence-electron chi connectivity index (χ0n) is 11.0. The zero-order chi connectivity index (χ0) is 16.0. The van der Waals surface area contributed by atoms with Crippen LogP contribution < -0.4 is 5.32 Å². The van der Waals surface area contributed by atoms with Gasteiger partial charge in [-0.3, -0.25) is 9.59 Å². The van der Waals surface area contributed by atoms with Crippen LogP contribution in [-0.2, 0) is 14.3 Å². The Morgan fingerprint density at radius 2 is 2.10 bits per heavy atom. The zero-order valence-corrected chi connectivity index (χ0v) is 13.3. The number of ether oxygens (including phenoxy) is 1. The quantitative estimate of drug-likeness (QED) is 0.734. The molecule has 1 rings (SSSR count). The number of thiophene rings is 1. The SMILES string of the molecule is CCOC(=O)CC[C@H](NC(=O)c1cc(Cl)sc1Cl)C(=O)O. The van der Waals surface area contributed by atoms with Crippen molar-refractivity contribution in [2.24, 2.45) is 0 Å². The van der Waals surface area contributed by atoms with E-state index in [1.165, 1.54) is 6.07 Å². The van der Waals surface area contributed by atoms with Crippen LogP contribution in [0.3, 0.4) is 0 Å². The molecule has 21 heavy (non-hydrogen) atoms. The molecule has 0 aliphatic heterocycles. The maximum atomic E-state index is 11.9. The molecule has 1 heterocycles. The van der Waals surface area contributed by atoms with Gasteiger partial charge in [-0.15, -0.1) is 11.3 Å². The number of halogens is 2. The topological polar surface area (TPSA) is 92.7 Å². The smallest absolute Gasteiger partial charge is 0.326 e. The predicted molar refractivity (Wildman–Crippen MR) is 79.1 cm³/mol. The van der Waals surface area contributed by atoms with E-state index >= 15 is 0 Å². The summed E-state index contributed by atoms with van der Waals surface area (Å²) in [7, 11) is 0. The van der Waals surface area contributed by atoms with E-state index in [4.69, 9.17) is 33.0 Å². The third kappa shape index (κ3) is 5.53. The van der Waals surface area contributed by atoms with Crippen molar-refractivity contribution in [1.29, 1.82) is 0 Å². The fourth-order valence-electron chi connectivity index (χ4n) is 1.48. The molecule has 116 valence electrons. The van der Waals surface area contributed by atoms with Gasteiger partial charge in [0.25, 0.3) is 5.91 Å². The molecule has 0 aliphatic carbocycles. The van der Waals surface area contributed by atoms with Gasteiger partial charge in [-0.1, -0.05) is 23.2 Å². The highest BCUT2D eigenvalue weighted by molar-refractivity contribution is 7.20. The molecule has 6 nitrogen and oxygen atoms in total. The van der Waals surface area contributed by atoms with Crippen LogP contribution in [-0.4, -0.2) is 35.6 Å². The van der Waals surface area contributed by atoms with Crippen LogP contribution in [0.4, 0.5) is 0 Å². The van der Waals surface area contributed by atoms with Gasteiger partial charge in [-0.2, -0.15) is 0 Å². The minimum atomic E-state index is -1.25. The maximum absolute atomic E-state index is 11.9. The fourth-order valence-corrected chi connectivity index (χ4v) is 2.94. The maximum Gasteiger partial charge on any atom is 0.326 e. The highest BCUT2D eigenvalue weighted by Gasteiger charge is 2.24. The summed E-state index contributed by atoms with van der Waals surface area (Å²) in [6.07, 6.45) is -0.182. The van der Waals surface area contributed by atoms with Crippen LogP contribution in [0.2, 0.25) is 8.67 Å². The monoisotopic (exact) mass is 353 g/mol. The van der Waals surface area contributed by atoms with Crippen molar-refractivity contribution in [1.82, 2.24) is 5.32 Å². The first-order valence-electron chi connectivity index (χ1n) is 5.99. The Balaban J connectivity index is 2.66. The first-order valence-corrected chi connectivity index (χ1v) is 7.56. The van der Waals surface area contributed by atoms with E-state index < -0.39 is 23.9 Å². The summed E-state index contributed by atoms with van der Waals surface area (Å²) < 4.78 is 5.20. The van der Waals surface area contributed by atoms with Gasteiger partial charge in [0.05, 0.1) is 16.5 Å². The molecule has 9 heteroatoms. The van der Waals surface area contributed by atoms with Gasteiger partial charge >= 0.3 is 11.9 Å². The van der Waals surface area contributed by atoms with Gasteiger partial charge in [-0.05, 0) is 19.4 Å². The molecule has 0 bridgehead atoms. The summed E-state index contributed by atoms with van der Waals surface area (Å²) in [6.45, 7) is 1.86. The molecule has 0 saturated carbocycles. The van der Waals surface area contributed by atoms with Gasteiger partial charge in [0.1, 0.15) is 10.4 Å². The first-order chi connectivity index (χ1) is 9.85. The second-order valence-electron chi connectivity index (χ2n) is 3.95. The molecule has 0 fully saturated rings. The average molecular weight is 354 g/mol. The third-order valence-electron chi connectivity index (χ3n) is 2.45. The second kappa shape index (κ2) is 8.21. The Kier molecular flexibility index (Phi) is 6.94. The van der Waals surface area contributed by atoms with Gasteiger partial charge in [0.2, 0.25) is 0 Å². The van der Waals surface area contributed by atoms with Crippen molar-refractivity contribution in [3.63, 3.8) is 0 Å². The van der Waals surface area contributed by atoms with Crippen LogP contribution in [0, 0.1) is 0 Å². The van der Waals surface area contributed by atoms with Crippen molar-refractivity contribution < 1.29 is 24.2 Å². The Labute approximate surface area is 135 Å². The molecule has 1 amide bonds. The van der Waals surface area contributed by atoms with E-state index in [-0.39, 0.29) is 29.3 Å². The standard InChI is InChI=1S/C12H13Cl2NO5S/c1-2-20-9(16)4-3-7(12(18)19)15-11(17)6-5-8(13)21-10(6)14/h5,7H,2-4H2,1H3,(H,15,17)(H,18,19)/t7-/m0/s1. The molecule has 0 saturated heterocycles. The van der Waals surface area contributed by atoms with Crippen molar-refractivity contribution >= 4 is 52.4 Å². The van der Waals surface area contributed by atoms with Crippen molar-refractivity contribution in [3.8, 4) is 0 Å². The van der Waals surface area contributed by atoms with Crippen molar-refractivity contribution in [2.75, 3.05) is 6.61 Å². The highest BCUT2D eigenvalue weighted by Crippen LogP contribution is 2.31. The fraction of sp³-hybridized carbons (Fsp3) is 0.417. The number of amides is 1. The number of hydrogen-bond acceptors (Lipinski definition) is 5. The summed E-state index contributed by atoms with van der Waals surface area (Å²) in [5, 5.41) is 11.4. The van der Waals surface area contributed by atoms with Crippen LogP contribution in [0.1, 0.15) is 30.1 Å². The molecule has 0 aromatic carbocycles. The lowest BCUT2D eigenvalue weighted by Gasteiger charge is -2.13. The second-order valence-corrected chi connectivity index (χ2v) is 6.23. The van der Waals surface area contributed by atoms with E-state index in [2.05, 4.69) is 5.32 Å². The summed E-state index contributed by atoms with van der Waals surface area (Å²) >= 11 is 12.6. The van der Waals surface area contributed by atoms with E-state index in [1.54, 1.807) is 6.92 Å².